The third-order valence-corrected chi connectivity index (χ3v) is 4.54. The third-order valence-electron chi connectivity index (χ3n) is 3.59. The molecule has 1 aromatic heterocycles. The standard InChI is InChI=1S/C16H10BrClO3/c1-16(20-13-4-2-3-11(17)15(13)21-16)10-5-6-12(18)9-7-8-19-14(9)10/h2-8H,1H3. The van der Waals surface area contributed by atoms with Crippen LogP contribution in [0.3, 0.4) is 0 Å². The van der Waals surface area contributed by atoms with E-state index in [9.17, 15) is 0 Å². The maximum atomic E-state index is 6.19. The summed E-state index contributed by atoms with van der Waals surface area (Å²) < 4.78 is 18.5. The Morgan fingerprint density at radius 2 is 1.95 bits per heavy atom. The molecule has 1 atom stereocenters. The van der Waals surface area contributed by atoms with Gasteiger partial charge in [-0.15, -0.1) is 0 Å². The highest BCUT2D eigenvalue weighted by Gasteiger charge is 2.41. The molecule has 2 heterocycles. The summed E-state index contributed by atoms with van der Waals surface area (Å²) in [4.78, 5) is 0. The van der Waals surface area contributed by atoms with Gasteiger partial charge in [-0.05, 0) is 46.3 Å². The third kappa shape index (κ3) is 1.86. The van der Waals surface area contributed by atoms with Crippen LogP contribution in [0.5, 0.6) is 11.5 Å². The van der Waals surface area contributed by atoms with Crippen molar-refractivity contribution in [1.29, 1.82) is 0 Å². The van der Waals surface area contributed by atoms with Crippen LogP contribution in [-0.2, 0) is 5.79 Å². The summed E-state index contributed by atoms with van der Waals surface area (Å²) in [5, 5.41) is 1.49. The predicted molar refractivity (Wildman–Crippen MR) is 84.0 cm³/mol. The van der Waals surface area contributed by atoms with Gasteiger partial charge in [-0.1, -0.05) is 17.7 Å². The number of rotatable bonds is 1. The van der Waals surface area contributed by atoms with Crippen LogP contribution in [0.2, 0.25) is 5.02 Å². The molecule has 0 saturated carbocycles. The van der Waals surface area contributed by atoms with Crippen LogP contribution in [0.1, 0.15) is 12.5 Å². The first-order valence-electron chi connectivity index (χ1n) is 6.41. The first-order chi connectivity index (χ1) is 10.1. The predicted octanol–water partition coefficient (Wildman–Crippen LogP) is 5.49. The van der Waals surface area contributed by atoms with E-state index >= 15 is 0 Å². The molecule has 3 aromatic rings. The first kappa shape index (κ1) is 13.0. The van der Waals surface area contributed by atoms with Gasteiger partial charge in [0.2, 0.25) is 0 Å². The van der Waals surface area contributed by atoms with Crippen LogP contribution in [0, 0.1) is 0 Å². The van der Waals surface area contributed by atoms with Crippen molar-refractivity contribution in [2.45, 2.75) is 12.7 Å². The molecule has 4 rings (SSSR count). The summed E-state index contributed by atoms with van der Waals surface area (Å²) in [5.74, 6) is 0.434. The van der Waals surface area contributed by atoms with Crippen molar-refractivity contribution >= 4 is 38.5 Å². The summed E-state index contributed by atoms with van der Waals surface area (Å²) in [6.07, 6.45) is 1.61. The molecule has 0 aliphatic carbocycles. The van der Waals surface area contributed by atoms with Gasteiger partial charge in [0, 0.05) is 12.3 Å². The second-order valence-electron chi connectivity index (χ2n) is 4.98. The molecule has 0 amide bonds. The summed E-state index contributed by atoms with van der Waals surface area (Å²) in [7, 11) is 0. The van der Waals surface area contributed by atoms with Crippen LogP contribution in [-0.4, -0.2) is 0 Å². The molecule has 0 bridgehead atoms. The molecule has 1 aliphatic heterocycles. The number of furan rings is 1. The van der Waals surface area contributed by atoms with E-state index in [2.05, 4.69) is 15.9 Å². The maximum absolute atomic E-state index is 6.19. The molecule has 5 heteroatoms. The van der Waals surface area contributed by atoms with Crippen molar-refractivity contribution in [2.75, 3.05) is 0 Å². The Hall–Kier alpha value is -1.65. The van der Waals surface area contributed by atoms with Crippen LogP contribution < -0.4 is 9.47 Å². The number of ether oxygens (including phenoxy) is 2. The molecule has 0 saturated heterocycles. The van der Waals surface area contributed by atoms with E-state index in [1.807, 2.05) is 43.3 Å². The molecule has 0 N–H and O–H groups in total. The number of para-hydroxylation sites is 1. The Morgan fingerprint density at radius 3 is 2.76 bits per heavy atom. The fourth-order valence-electron chi connectivity index (χ4n) is 2.59. The van der Waals surface area contributed by atoms with Gasteiger partial charge in [0.05, 0.1) is 21.3 Å². The van der Waals surface area contributed by atoms with Gasteiger partial charge in [0.1, 0.15) is 5.58 Å². The van der Waals surface area contributed by atoms with Gasteiger partial charge in [-0.3, -0.25) is 0 Å². The smallest absolute Gasteiger partial charge is 0.279 e. The Bertz CT molecular complexity index is 858. The van der Waals surface area contributed by atoms with E-state index in [1.54, 1.807) is 6.26 Å². The van der Waals surface area contributed by atoms with Crippen molar-refractivity contribution in [3.05, 3.63) is 57.7 Å². The highest BCUT2D eigenvalue weighted by molar-refractivity contribution is 9.10. The van der Waals surface area contributed by atoms with Gasteiger partial charge in [0.25, 0.3) is 5.79 Å². The van der Waals surface area contributed by atoms with Gasteiger partial charge >= 0.3 is 0 Å². The number of benzene rings is 2. The molecule has 3 nitrogen and oxygen atoms in total. The van der Waals surface area contributed by atoms with Gasteiger partial charge < -0.3 is 13.9 Å². The molecule has 0 spiro atoms. The first-order valence-corrected chi connectivity index (χ1v) is 7.58. The number of fused-ring (bicyclic) bond motifs is 2. The minimum absolute atomic E-state index is 0.641. The second kappa shape index (κ2) is 4.42. The number of hydrogen-bond acceptors (Lipinski definition) is 3. The number of hydrogen-bond donors (Lipinski definition) is 0. The molecular weight excluding hydrogens is 356 g/mol. The normalized spacial score (nSPS) is 20.1. The van der Waals surface area contributed by atoms with Crippen LogP contribution in [0.4, 0.5) is 0 Å². The monoisotopic (exact) mass is 364 g/mol. The molecule has 106 valence electrons. The van der Waals surface area contributed by atoms with E-state index in [4.69, 9.17) is 25.5 Å². The Balaban J connectivity index is 1.89. The molecule has 21 heavy (non-hydrogen) atoms. The van der Waals surface area contributed by atoms with Crippen molar-refractivity contribution in [2.24, 2.45) is 0 Å². The van der Waals surface area contributed by atoms with Gasteiger partial charge in [-0.25, -0.2) is 0 Å². The van der Waals surface area contributed by atoms with E-state index in [0.717, 1.165) is 15.4 Å². The van der Waals surface area contributed by atoms with Crippen molar-refractivity contribution in [1.82, 2.24) is 0 Å². The Kier molecular flexibility index (Phi) is 2.75. The average Bonchev–Trinajstić information content (AvgIpc) is 3.05. The Morgan fingerprint density at radius 1 is 1.10 bits per heavy atom. The zero-order chi connectivity index (χ0) is 14.6. The minimum atomic E-state index is -0.951. The lowest BCUT2D eigenvalue weighted by Gasteiger charge is -2.23. The van der Waals surface area contributed by atoms with Gasteiger partial charge in [0.15, 0.2) is 11.5 Å². The second-order valence-corrected chi connectivity index (χ2v) is 6.24. The minimum Gasteiger partial charge on any atom is -0.464 e. The molecule has 0 fully saturated rings. The molecule has 1 aliphatic rings. The van der Waals surface area contributed by atoms with E-state index in [1.165, 1.54) is 0 Å². The van der Waals surface area contributed by atoms with Crippen LogP contribution in [0.25, 0.3) is 11.0 Å². The van der Waals surface area contributed by atoms with Crippen molar-refractivity contribution in [3.63, 3.8) is 0 Å². The topological polar surface area (TPSA) is 31.6 Å². The zero-order valence-electron chi connectivity index (χ0n) is 11.0. The summed E-state index contributed by atoms with van der Waals surface area (Å²) in [6.45, 7) is 1.87. The summed E-state index contributed by atoms with van der Waals surface area (Å²) >= 11 is 9.66. The largest absolute Gasteiger partial charge is 0.464 e. The lowest BCUT2D eigenvalue weighted by Crippen LogP contribution is -2.31. The summed E-state index contributed by atoms with van der Waals surface area (Å²) in [5.41, 5.74) is 1.48. The van der Waals surface area contributed by atoms with E-state index < -0.39 is 5.79 Å². The number of halogens is 2. The summed E-state index contributed by atoms with van der Waals surface area (Å²) in [6, 6.07) is 11.2. The fraction of sp³-hybridized carbons (Fsp3) is 0.125. The Labute approximate surface area is 134 Å². The fourth-order valence-corrected chi connectivity index (χ4v) is 3.23. The molecular formula is C16H10BrClO3. The average molecular weight is 366 g/mol. The van der Waals surface area contributed by atoms with Crippen LogP contribution >= 0.6 is 27.5 Å². The SMILES string of the molecule is CC1(c2ccc(Cl)c3ccoc23)Oc2cccc(Br)c2O1. The van der Waals surface area contributed by atoms with Gasteiger partial charge in [-0.2, -0.15) is 0 Å². The maximum Gasteiger partial charge on any atom is 0.279 e. The molecule has 0 radical (unpaired) electrons. The van der Waals surface area contributed by atoms with Crippen LogP contribution in [0.15, 0.2) is 51.6 Å². The molecule has 1 unspecified atom stereocenters. The van der Waals surface area contributed by atoms with E-state index in [-0.39, 0.29) is 0 Å². The highest BCUT2D eigenvalue weighted by Crippen LogP contribution is 2.49. The highest BCUT2D eigenvalue weighted by atomic mass is 79.9. The quantitative estimate of drug-likeness (QED) is 0.571. The zero-order valence-corrected chi connectivity index (χ0v) is 13.4. The van der Waals surface area contributed by atoms with Crippen molar-refractivity contribution < 1.29 is 13.9 Å². The lowest BCUT2D eigenvalue weighted by molar-refractivity contribution is -0.0676. The lowest BCUT2D eigenvalue weighted by atomic mass is 10.0. The van der Waals surface area contributed by atoms with Crippen molar-refractivity contribution in [3.8, 4) is 11.5 Å². The molecule has 2 aromatic carbocycles. The van der Waals surface area contributed by atoms with E-state index in [0.29, 0.717) is 22.1 Å².